The van der Waals surface area contributed by atoms with Crippen molar-refractivity contribution >= 4 is 29.9 Å². The van der Waals surface area contributed by atoms with E-state index in [2.05, 4.69) is 17.1 Å². The zero-order chi connectivity index (χ0) is 15.2. The Hall–Kier alpha value is -0.810. The van der Waals surface area contributed by atoms with Crippen LogP contribution in [0.15, 0.2) is 24.3 Å². The van der Waals surface area contributed by atoms with Crippen LogP contribution in [0.4, 0.5) is 0 Å². The highest BCUT2D eigenvalue weighted by Gasteiger charge is 2.28. The second-order valence-electron chi connectivity index (χ2n) is 5.80. The highest BCUT2D eigenvalue weighted by molar-refractivity contribution is 6.30. The predicted octanol–water partition coefficient (Wildman–Crippen LogP) is 2.44. The molecule has 0 saturated carbocycles. The van der Waals surface area contributed by atoms with Gasteiger partial charge in [0.15, 0.2) is 0 Å². The minimum absolute atomic E-state index is 0. The number of hydrogen-bond acceptors (Lipinski definition) is 3. The van der Waals surface area contributed by atoms with Gasteiger partial charge in [-0.15, -0.1) is 12.4 Å². The molecular weight excluding hydrogens is 321 g/mol. The molecule has 1 fully saturated rings. The van der Waals surface area contributed by atoms with Gasteiger partial charge in [0.25, 0.3) is 0 Å². The summed E-state index contributed by atoms with van der Waals surface area (Å²) in [5.74, 6) is 0.616. The SMILES string of the molecule is CC1CCCN(CC(=O)NCc2ccc(Cl)cc2)C1CN.Cl. The number of piperidine rings is 1. The quantitative estimate of drug-likeness (QED) is 0.861. The van der Waals surface area contributed by atoms with Crippen LogP contribution in [0.3, 0.4) is 0 Å². The molecule has 1 amide bonds. The Bertz CT molecular complexity index is 467. The molecule has 2 rings (SSSR count). The van der Waals surface area contributed by atoms with Crippen LogP contribution in [0.1, 0.15) is 25.3 Å². The van der Waals surface area contributed by atoms with Gasteiger partial charge < -0.3 is 11.1 Å². The molecular formula is C16H25Cl2N3O. The molecule has 0 bridgehead atoms. The van der Waals surface area contributed by atoms with E-state index in [4.69, 9.17) is 17.3 Å². The first-order valence-electron chi connectivity index (χ1n) is 7.55. The van der Waals surface area contributed by atoms with Crippen LogP contribution in [-0.2, 0) is 11.3 Å². The van der Waals surface area contributed by atoms with Crippen molar-refractivity contribution in [2.24, 2.45) is 11.7 Å². The van der Waals surface area contributed by atoms with E-state index >= 15 is 0 Å². The van der Waals surface area contributed by atoms with Crippen LogP contribution in [0.25, 0.3) is 0 Å². The lowest BCUT2D eigenvalue weighted by Gasteiger charge is -2.38. The van der Waals surface area contributed by atoms with Crippen LogP contribution in [0.5, 0.6) is 0 Å². The zero-order valence-corrected chi connectivity index (χ0v) is 14.5. The van der Waals surface area contributed by atoms with E-state index in [9.17, 15) is 4.79 Å². The van der Waals surface area contributed by atoms with E-state index in [-0.39, 0.29) is 18.3 Å². The maximum absolute atomic E-state index is 12.1. The summed E-state index contributed by atoms with van der Waals surface area (Å²) in [6.45, 7) is 4.76. The van der Waals surface area contributed by atoms with Gasteiger partial charge in [0.05, 0.1) is 6.54 Å². The number of benzene rings is 1. The molecule has 124 valence electrons. The molecule has 1 aromatic rings. The van der Waals surface area contributed by atoms with Gasteiger partial charge in [0, 0.05) is 24.2 Å². The van der Waals surface area contributed by atoms with Crippen molar-refractivity contribution in [3.05, 3.63) is 34.9 Å². The highest BCUT2D eigenvalue weighted by Crippen LogP contribution is 2.22. The summed E-state index contributed by atoms with van der Waals surface area (Å²) in [6.07, 6.45) is 2.34. The topological polar surface area (TPSA) is 58.4 Å². The summed E-state index contributed by atoms with van der Waals surface area (Å²) in [5, 5.41) is 3.67. The van der Waals surface area contributed by atoms with Crippen LogP contribution in [0.2, 0.25) is 5.02 Å². The largest absolute Gasteiger partial charge is 0.351 e. The molecule has 1 heterocycles. The van der Waals surface area contributed by atoms with E-state index in [0.29, 0.717) is 36.6 Å². The summed E-state index contributed by atoms with van der Waals surface area (Å²) in [6, 6.07) is 7.84. The summed E-state index contributed by atoms with van der Waals surface area (Å²) >= 11 is 5.84. The Morgan fingerprint density at radius 2 is 2.09 bits per heavy atom. The molecule has 1 aromatic carbocycles. The molecule has 3 N–H and O–H groups in total. The molecule has 1 saturated heterocycles. The normalized spacial score (nSPS) is 22.0. The fourth-order valence-corrected chi connectivity index (χ4v) is 3.08. The Morgan fingerprint density at radius 3 is 2.73 bits per heavy atom. The third kappa shape index (κ3) is 5.43. The van der Waals surface area contributed by atoms with Gasteiger partial charge >= 0.3 is 0 Å². The third-order valence-electron chi connectivity index (χ3n) is 4.22. The molecule has 4 nitrogen and oxygen atoms in total. The molecule has 1 aliphatic rings. The maximum atomic E-state index is 12.1. The van der Waals surface area contributed by atoms with E-state index in [0.717, 1.165) is 18.5 Å². The first-order valence-corrected chi connectivity index (χ1v) is 7.93. The molecule has 0 spiro atoms. The average molecular weight is 346 g/mol. The molecule has 0 aliphatic carbocycles. The Labute approximate surface area is 143 Å². The summed E-state index contributed by atoms with van der Waals surface area (Å²) in [7, 11) is 0. The second kappa shape index (κ2) is 9.36. The zero-order valence-electron chi connectivity index (χ0n) is 12.9. The molecule has 6 heteroatoms. The number of carbonyl (C=O) groups excluding carboxylic acids is 1. The fraction of sp³-hybridized carbons (Fsp3) is 0.562. The Morgan fingerprint density at radius 1 is 1.41 bits per heavy atom. The number of amides is 1. The average Bonchev–Trinajstić information content (AvgIpc) is 2.47. The van der Waals surface area contributed by atoms with Gasteiger partial charge in [-0.2, -0.15) is 0 Å². The van der Waals surface area contributed by atoms with Gasteiger partial charge in [-0.1, -0.05) is 30.7 Å². The smallest absolute Gasteiger partial charge is 0.234 e. The number of nitrogens with zero attached hydrogens (tertiary/aromatic N) is 1. The third-order valence-corrected chi connectivity index (χ3v) is 4.47. The minimum atomic E-state index is 0. The summed E-state index contributed by atoms with van der Waals surface area (Å²) in [4.78, 5) is 14.3. The van der Waals surface area contributed by atoms with Crippen LogP contribution >= 0.6 is 24.0 Å². The number of rotatable bonds is 5. The van der Waals surface area contributed by atoms with E-state index in [1.54, 1.807) is 0 Å². The maximum Gasteiger partial charge on any atom is 0.234 e. The Balaban J connectivity index is 0.00000242. The van der Waals surface area contributed by atoms with Crippen molar-refractivity contribution in [2.45, 2.75) is 32.4 Å². The number of carbonyl (C=O) groups is 1. The lowest BCUT2D eigenvalue weighted by Crippen LogP contribution is -2.51. The lowest BCUT2D eigenvalue weighted by molar-refractivity contribution is -0.123. The fourth-order valence-electron chi connectivity index (χ4n) is 2.96. The first-order chi connectivity index (χ1) is 10.1. The van der Waals surface area contributed by atoms with E-state index in [1.807, 2.05) is 24.3 Å². The van der Waals surface area contributed by atoms with Crippen molar-refractivity contribution in [3.8, 4) is 0 Å². The highest BCUT2D eigenvalue weighted by atomic mass is 35.5. The number of hydrogen-bond donors (Lipinski definition) is 2. The number of likely N-dealkylation sites (tertiary alicyclic amines) is 1. The van der Waals surface area contributed by atoms with Gasteiger partial charge in [0.1, 0.15) is 0 Å². The number of nitrogens with two attached hydrogens (primary N) is 1. The standard InChI is InChI=1S/C16H24ClN3O.ClH/c1-12-3-2-8-20(15(12)9-18)11-16(21)19-10-13-4-6-14(17)7-5-13;/h4-7,12,15H,2-3,8-11,18H2,1H3,(H,19,21);1H. The van der Waals surface area contributed by atoms with Gasteiger partial charge in [-0.05, 0) is 43.0 Å². The van der Waals surface area contributed by atoms with Crippen molar-refractivity contribution in [1.29, 1.82) is 0 Å². The van der Waals surface area contributed by atoms with E-state index < -0.39 is 0 Å². The van der Waals surface area contributed by atoms with Crippen molar-refractivity contribution in [3.63, 3.8) is 0 Å². The lowest BCUT2D eigenvalue weighted by atomic mass is 9.91. The molecule has 2 atom stereocenters. The van der Waals surface area contributed by atoms with Gasteiger partial charge in [-0.25, -0.2) is 0 Å². The van der Waals surface area contributed by atoms with E-state index in [1.165, 1.54) is 6.42 Å². The molecule has 2 unspecified atom stereocenters. The number of halogens is 2. The Kier molecular flexibility index (Phi) is 8.18. The van der Waals surface area contributed by atoms with Gasteiger partial charge in [0.2, 0.25) is 5.91 Å². The summed E-state index contributed by atoms with van der Waals surface area (Å²) in [5.41, 5.74) is 6.90. The molecule has 22 heavy (non-hydrogen) atoms. The van der Waals surface area contributed by atoms with Crippen LogP contribution in [0, 0.1) is 5.92 Å². The van der Waals surface area contributed by atoms with Crippen LogP contribution < -0.4 is 11.1 Å². The molecule has 0 aromatic heterocycles. The van der Waals surface area contributed by atoms with Crippen LogP contribution in [-0.4, -0.2) is 36.5 Å². The minimum Gasteiger partial charge on any atom is -0.351 e. The van der Waals surface area contributed by atoms with Crippen molar-refractivity contribution in [2.75, 3.05) is 19.6 Å². The molecule has 0 radical (unpaired) electrons. The molecule has 1 aliphatic heterocycles. The number of nitrogens with one attached hydrogen (secondary N) is 1. The van der Waals surface area contributed by atoms with Gasteiger partial charge in [-0.3, -0.25) is 9.69 Å². The van der Waals surface area contributed by atoms with Crippen molar-refractivity contribution < 1.29 is 4.79 Å². The van der Waals surface area contributed by atoms with Crippen molar-refractivity contribution in [1.82, 2.24) is 10.2 Å². The predicted molar refractivity (Wildman–Crippen MR) is 93.4 cm³/mol. The first kappa shape index (κ1) is 19.2. The summed E-state index contributed by atoms with van der Waals surface area (Å²) < 4.78 is 0. The second-order valence-corrected chi connectivity index (χ2v) is 6.23. The monoisotopic (exact) mass is 345 g/mol.